The molecule has 2 N–H and O–H groups in total. The highest BCUT2D eigenvalue weighted by Gasteiger charge is 2.05. The number of nitrogens with one attached hydrogen (secondary N) is 2. The highest BCUT2D eigenvalue weighted by molar-refractivity contribution is 7.98. The van der Waals surface area contributed by atoms with Crippen LogP contribution in [0.15, 0.2) is 29.3 Å². The van der Waals surface area contributed by atoms with E-state index in [1.54, 1.807) is 7.11 Å². The lowest BCUT2D eigenvalue weighted by Crippen LogP contribution is -2.38. The molecule has 5 nitrogen and oxygen atoms in total. The zero-order valence-corrected chi connectivity index (χ0v) is 15.4. The predicted molar refractivity (Wildman–Crippen MR) is 100 cm³/mol. The predicted octanol–water partition coefficient (Wildman–Crippen LogP) is 2.77. The van der Waals surface area contributed by atoms with Gasteiger partial charge in [0.1, 0.15) is 17.6 Å². The summed E-state index contributed by atoms with van der Waals surface area (Å²) in [6.07, 6.45) is 3.24. The molecule has 1 atom stereocenters. The van der Waals surface area contributed by atoms with Crippen molar-refractivity contribution in [1.82, 2.24) is 10.6 Å². The summed E-state index contributed by atoms with van der Waals surface area (Å²) >= 11 is 1.86. The summed E-state index contributed by atoms with van der Waals surface area (Å²) in [5.41, 5.74) is 0. The molecule has 0 saturated carbocycles. The van der Waals surface area contributed by atoms with E-state index in [1.165, 1.54) is 0 Å². The molecule has 0 fully saturated rings. The van der Waals surface area contributed by atoms with Crippen LogP contribution >= 0.6 is 11.8 Å². The Labute approximate surface area is 144 Å². The normalized spacial score (nSPS) is 12.6. The van der Waals surface area contributed by atoms with Gasteiger partial charge in [0.25, 0.3) is 0 Å². The number of thioether (sulfide) groups is 1. The highest BCUT2D eigenvalue weighted by Crippen LogP contribution is 2.19. The van der Waals surface area contributed by atoms with Gasteiger partial charge < -0.3 is 20.1 Å². The van der Waals surface area contributed by atoms with Crippen LogP contribution in [-0.4, -0.2) is 50.8 Å². The topological polar surface area (TPSA) is 54.9 Å². The SMILES string of the molecule is CCNC(=NCC(C)Oc1cccc(OC)c1)NCCCSC. The number of ether oxygens (including phenoxy) is 2. The first-order chi connectivity index (χ1) is 11.2. The van der Waals surface area contributed by atoms with Crippen LogP contribution in [0, 0.1) is 0 Å². The molecule has 0 aromatic heterocycles. The Hall–Kier alpha value is -1.56. The number of nitrogens with zero attached hydrogens (tertiary/aromatic N) is 1. The van der Waals surface area contributed by atoms with Crippen molar-refractivity contribution in [3.63, 3.8) is 0 Å². The van der Waals surface area contributed by atoms with Gasteiger partial charge in [0.05, 0.1) is 13.7 Å². The Morgan fingerprint density at radius 2 is 2.09 bits per heavy atom. The zero-order chi connectivity index (χ0) is 16.9. The molecule has 0 spiro atoms. The average Bonchev–Trinajstić information content (AvgIpc) is 2.56. The van der Waals surface area contributed by atoms with E-state index in [2.05, 4.69) is 28.8 Å². The van der Waals surface area contributed by atoms with Crippen molar-refractivity contribution in [2.75, 3.05) is 38.8 Å². The second-order valence-corrected chi connectivity index (χ2v) is 6.09. The lowest BCUT2D eigenvalue weighted by Gasteiger charge is -2.15. The number of hydrogen-bond donors (Lipinski definition) is 2. The Balaban J connectivity index is 2.46. The number of guanidine groups is 1. The monoisotopic (exact) mass is 339 g/mol. The number of benzene rings is 1. The largest absolute Gasteiger partial charge is 0.497 e. The Kier molecular flexibility index (Phi) is 10.1. The van der Waals surface area contributed by atoms with Crippen LogP contribution in [0.25, 0.3) is 0 Å². The van der Waals surface area contributed by atoms with Gasteiger partial charge in [-0.1, -0.05) is 6.07 Å². The molecule has 1 aromatic rings. The van der Waals surface area contributed by atoms with Gasteiger partial charge in [0.2, 0.25) is 0 Å². The summed E-state index contributed by atoms with van der Waals surface area (Å²) in [6, 6.07) is 7.62. The molecule has 0 heterocycles. The fourth-order valence-corrected chi connectivity index (χ4v) is 2.36. The van der Waals surface area contributed by atoms with E-state index in [1.807, 2.05) is 43.0 Å². The molecule has 0 bridgehead atoms. The number of hydrogen-bond acceptors (Lipinski definition) is 4. The first kappa shape index (κ1) is 19.5. The van der Waals surface area contributed by atoms with E-state index in [0.717, 1.165) is 42.7 Å². The third-order valence-electron chi connectivity index (χ3n) is 3.05. The van der Waals surface area contributed by atoms with Gasteiger partial charge in [-0.2, -0.15) is 11.8 Å². The molecule has 1 aromatic carbocycles. The van der Waals surface area contributed by atoms with E-state index >= 15 is 0 Å². The molecule has 130 valence electrons. The Morgan fingerprint density at radius 3 is 2.78 bits per heavy atom. The maximum absolute atomic E-state index is 5.88. The molecule has 6 heteroatoms. The quantitative estimate of drug-likeness (QED) is 0.390. The van der Waals surface area contributed by atoms with Crippen molar-refractivity contribution < 1.29 is 9.47 Å². The number of rotatable bonds is 10. The van der Waals surface area contributed by atoms with E-state index in [-0.39, 0.29) is 6.10 Å². The van der Waals surface area contributed by atoms with Gasteiger partial charge in [0.15, 0.2) is 5.96 Å². The van der Waals surface area contributed by atoms with Gasteiger partial charge in [-0.3, -0.25) is 0 Å². The second-order valence-electron chi connectivity index (χ2n) is 5.10. The Morgan fingerprint density at radius 1 is 1.30 bits per heavy atom. The summed E-state index contributed by atoms with van der Waals surface area (Å²) in [5.74, 6) is 3.59. The third kappa shape index (κ3) is 8.59. The summed E-state index contributed by atoms with van der Waals surface area (Å²) in [6.45, 7) is 6.45. The van der Waals surface area contributed by atoms with Gasteiger partial charge in [-0.15, -0.1) is 0 Å². The minimum atomic E-state index is -0.0104. The van der Waals surface area contributed by atoms with Crippen molar-refractivity contribution in [3.8, 4) is 11.5 Å². The standard InChI is InChI=1S/C17H29N3O2S/c1-5-18-17(19-10-7-11-23-4)20-13-14(2)22-16-9-6-8-15(12-16)21-3/h6,8-9,12,14H,5,7,10-11,13H2,1-4H3,(H2,18,19,20). The van der Waals surface area contributed by atoms with Crippen LogP contribution in [-0.2, 0) is 0 Å². The average molecular weight is 340 g/mol. The molecule has 0 amide bonds. The first-order valence-electron chi connectivity index (χ1n) is 8.01. The van der Waals surface area contributed by atoms with Gasteiger partial charge in [-0.05, 0) is 44.4 Å². The van der Waals surface area contributed by atoms with Crippen molar-refractivity contribution in [1.29, 1.82) is 0 Å². The van der Waals surface area contributed by atoms with Gasteiger partial charge in [0, 0.05) is 19.2 Å². The highest BCUT2D eigenvalue weighted by atomic mass is 32.2. The second kappa shape index (κ2) is 11.9. The van der Waals surface area contributed by atoms with Crippen molar-refractivity contribution in [2.24, 2.45) is 4.99 Å². The fraction of sp³-hybridized carbons (Fsp3) is 0.588. The summed E-state index contributed by atoms with van der Waals surface area (Å²) in [5, 5.41) is 6.60. The van der Waals surface area contributed by atoms with Gasteiger partial charge >= 0.3 is 0 Å². The van der Waals surface area contributed by atoms with Crippen LogP contribution in [0.5, 0.6) is 11.5 Å². The maximum atomic E-state index is 5.88. The van der Waals surface area contributed by atoms with Gasteiger partial charge in [-0.25, -0.2) is 4.99 Å². The molecule has 0 aliphatic heterocycles. The first-order valence-corrected chi connectivity index (χ1v) is 9.40. The van der Waals surface area contributed by atoms with Crippen LogP contribution in [0.4, 0.5) is 0 Å². The van der Waals surface area contributed by atoms with Crippen LogP contribution < -0.4 is 20.1 Å². The van der Waals surface area contributed by atoms with Crippen molar-refractivity contribution in [3.05, 3.63) is 24.3 Å². The van der Waals surface area contributed by atoms with E-state index in [4.69, 9.17) is 9.47 Å². The van der Waals surface area contributed by atoms with E-state index < -0.39 is 0 Å². The molecular formula is C17H29N3O2S. The molecule has 0 saturated heterocycles. The fourth-order valence-electron chi connectivity index (χ4n) is 1.93. The number of aliphatic imine (C=N–C) groups is 1. The summed E-state index contributed by atoms with van der Waals surface area (Å²) < 4.78 is 11.1. The minimum Gasteiger partial charge on any atom is -0.497 e. The minimum absolute atomic E-state index is 0.0104. The Bertz CT molecular complexity index is 469. The van der Waals surface area contributed by atoms with Crippen molar-refractivity contribution in [2.45, 2.75) is 26.4 Å². The van der Waals surface area contributed by atoms with Crippen LogP contribution in [0.3, 0.4) is 0 Å². The van der Waals surface area contributed by atoms with E-state index in [9.17, 15) is 0 Å². The molecule has 1 rings (SSSR count). The third-order valence-corrected chi connectivity index (χ3v) is 3.74. The zero-order valence-electron chi connectivity index (χ0n) is 14.6. The molecule has 0 radical (unpaired) electrons. The molecular weight excluding hydrogens is 310 g/mol. The maximum Gasteiger partial charge on any atom is 0.191 e. The lowest BCUT2D eigenvalue weighted by molar-refractivity contribution is 0.229. The summed E-state index contributed by atoms with van der Waals surface area (Å²) in [4.78, 5) is 4.58. The number of methoxy groups -OCH3 is 1. The molecule has 0 aliphatic carbocycles. The molecule has 23 heavy (non-hydrogen) atoms. The van der Waals surface area contributed by atoms with Crippen molar-refractivity contribution >= 4 is 17.7 Å². The lowest BCUT2D eigenvalue weighted by atomic mass is 10.3. The van der Waals surface area contributed by atoms with Crippen LogP contribution in [0.2, 0.25) is 0 Å². The summed E-state index contributed by atoms with van der Waals surface area (Å²) in [7, 11) is 1.65. The van der Waals surface area contributed by atoms with Crippen LogP contribution in [0.1, 0.15) is 20.3 Å². The molecule has 1 unspecified atom stereocenters. The smallest absolute Gasteiger partial charge is 0.191 e. The molecule has 0 aliphatic rings. The van der Waals surface area contributed by atoms with E-state index in [0.29, 0.717) is 6.54 Å².